The molecule has 0 aliphatic heterocycles. The zero-order valence-electron chi connectivity index (χ0n) is 8.46. The summed E-state index contributed by atoms with van der Waals surface area (Å²) in [5.74, 6) is -0.695. The molecule has 0 aliphatic rings. The Morgan fingerprint density at radius 2 is 1.77 bits per heavy atom. The van der Waals surface area contributed by atoms with Gasteiger partial charge >= 0.3 is 5.97 Å². The average molecular weight is 184 g/mol. The Labute approximate surface area is 80.7 Å². The molecule has 0 unspecified atom stereocenters. The fraction of sp³-hybridized carbons (Fsp3) is 0.727. The van der Waals surface area contributed by atoms with E-state index in [0.29, 0.717) is 6.42 Å². The molecule has 0 aromatic heterocycles. The van der Waals surface area contributed by atoms with Crippen molar-refractivity contribution in [3.63, 3.8) is 0 Å². The number of carbonyl (C=O) groups is 1. The molecule has 0 amide bonds. The fourth-order valence-corrected chi connectivity index (χ4v) is 1.12. The maximum Gasteiger partial charge on any atom is 0.303 e. The molecule has 0 radical (unpaired) electrons. The maximum atomic E-state index is 10.1. The third-order valence-electron chi connectivity index (χ3n) is 1.90. The lowest BCUT2D eigenvalue weighted by Gasteiger charge is -1.92. The highest BCUT2D eigenvalue weighted by atomic mass is 16.4. The van der Waals surface area contributed by atoms with Crippen LogP contribution in [0.3, 0.4) is 0 Å². The summed E-state index contributed by atoms with van der Waals surface area (Å²) in [5.41, 5.74) is 0. The van der Waals surface area contributed by atoms with Crippen LogP contribution >= 0.6 is 0 Å². The van der Waals surface area contributed by atoms with Gasteiger partial charge in [0.1, 0.15) is 0 Å². The van der Waals surface area contributed by atoms with Crippen molar-refractivity contribution in [3.05, 3.63) is 12.2 Å². The van der Waals surface area contributed by atoms with Crippen molar-refractivity contribution in [1.82, 2.24) is 0 Å². The minimum absolute atomic E-state index is 0.291. The van der Waals surface area contributed by atoms with Gasteiger partial charge in [0.25, 0.3) is 0 Å². The lowest BCUT2D eigenvalue weighted by Crippen LogP contribution is -1.92. The van der Waals surface area contributed by atoms with Gasteiger partial charge in [0, 0.05) is 6.42 Å². The quantitative estimate of drug-likeness (QED) is 0.464. The highest BCUT2D eigenvalue weighted by molar-refractivity contribution is 5.66. The summed E-state index contributed by atoms with van der Waals surface area (Å²) < 4.78 is 0. The fourth-order valence-electron chi connectivity index (χ4n) is 1.12. The third kappa shape index (κ3) is 11.2. The van der Waals surface area contributed by atoms with Crippen LogP contribution in [0.1, 0.15) is 51.9 Å². The van der Waals surface area contributed by atoms with Gasteiger partial charge in [-0.15, -0.1) is 0 Å². The van der Waals surface area contributed by atoms with Crippen LogP contribution in [-0.2, 0) is 4.79 Å². The summed E-state index contributed by atoms with van der Waals surface area (Å²) in [7, 11) is 0. The van der Waals surface area contributed by atoms with Crippen molar-refractivity contribution in [2.45, 2.75) is 51.9 Å². The number of carboxylic acids is 1. The van der Waals surface area contributed by atoms with Crippen molar-refractivity contribution in [2.24, 2.45) is 0 Å². The van der Waals surface area contributed by atoms with Gasteiger partial charge in [-0.2, -0.15) is 0 Å². The van der Waals surface area contributed by atoms with Gasteiger partial charge in [-0.1, -0.05) is 31.9 Å². The van der Waals surface area contributed by atoms with E-state index in [9.17, 15) is 4.79 Å². The number of unbranched alkanes of at least 4 members (excludes halogenated alkanes) is 4. The minimum Gasteiger partial charge on any atom is -0.481 e. The molecule has 0 aliphatic carbocycles. The first-order valence-corrected chi connectivity index (χ1v) is 5.14. The van der Waals surface area contributed by atoms with Crippen LogP contribution < -0.4 is 0 Å². The molecule has 0 fully saturated rings. The first kappa shape index (κ1) is 12.2. The lowest BCUT2D eigenvalue weighted by molar-refractivity contribution is -0.137. The molecule has 0 saturated heterocycles. The molecule has 13 heavy (non-hydrogen) atoms. The topological polar surface area (TPSA) is 37.3 Å². The van der Waals surface area contributed by atoms with Gasteiger partial charge in [0.2, 0.25) is 0 Å². The van der Waals surface area contributed by atoms with Gasteiger partial charge < -0.3 is 5.11 Å². The summed E-state index contributed by atoms with van der Waals surface area (Å²) in [5, 5.41) is 8.36. The average Bonchev–Trinajstić information content (AvgIpc) is 2.09. The Bertz CT molecular complexity index is 150. The minimum atomic E-state index is -0.695. The molecule has 0 atom stereocenters. The van der Waals surface area contributed by atoms with Crippen molar-refractivity contribution < 1.29 is 9.90 Å². The van der Waals surface area contributed by atoms with E-state index in [2.05, 4.69) is 19.1 Å². The Hall–Kier alpha value is -0.790. The van der Waals surface area contributed by atoms with Crippen LogP contribution in [0, 0.1) is 0 Å². The highest BCUT2D eigenvalue weighted by Crippen LogP contribution is 2.02. The van der Waals surface area contributed by atoms with Gasteiger partial charge in [-0.3, -0.25) is 4.79 Å². The molecule has 0 heterocycles. The first-order valence-electron chi connectivity index (χ1n) is 5.14. The molecule has 0 bridgehead atoms. The van der Waals surface area contributed by atoms with Crippen LogP contribution in [0.4, 0.5) is 0 Å². The number of allylic oxidation sites excluding steroid dienone is 2. The van der Waals surface area contributed by atoms with Crippen molar-refractivity contribution >= 4 is 5.97 Å². The van der Waals surface area contributed by atoms with E-state index in [1.807, 2.05) is 0 Å². The molecule has 76 valence electrons. The Morgan fingerprint density at radius 1 is 1.15 bits per heavy atom. The first-order chi connectivity index (χ1) is 6.27. The van der Waals surface area contributed by atoms with Gasteiger partial charge in [-0.05, 0) is 25.7 Å². The second-order valence-corrected chi connectivity index (χ2v) is 3.25. The molecule has 2 nitrogen and oxygen atoms in total. The molecule has 0 saturated carbocycles. The van der Waals surface area contributed by atoms with Crippen molar-refractivity contribution in [3.8, 4) is 0 Å². The van der Waals surface area contributed by atoms with Gasteiger partial charge in [-0.25, -0.2) is 0 Å². The predicted octanol–water partition coefficient (Wildman–Crippen LogP) is 3.38. The maximum absolute atomic E-state index is 10.1. The monoisotopic (exact) mass is 184 g/mol. The zero-order chi connectivity index (χ0) is 9.94. The normalized spacial score (nSPS) is 10.8. The standard InChI is InChI=1S/C11H20O2/c1-2-3-4-5-6-7-8-9-10-11(12)13/h6-7H,2-5,8-10H2,1H3,(H,12,13)/b7-6-. The van der Waals surface area contributed by atoms with Crippen LogP contribution in [0.5, 0.6) is 0 Å². The van der Waals surface area contributed by atoms with E-state index in [1.54, 1.807) is 0 Å². The van der Waals surface area contributed by atoms with Crippen LogP contribution in [0.15, 0.2) is 12.2 Å². The predicted molar refractivity (Wildman–Crippen MR) is 54.8 cm³/mol. The second kappa shape index (κ2) is 9.30. The van der Waals surface area contributed by atoms with E-state index in [0.717, 1.165) is 19.3 Å². The van der Waals surface area contributed by atoms with E-state index in [4.69, 9.17) is 5.11 Å². The Morgan fingerprint density at radius 3 is 2.31 bits per heavy atom. The third-order valence-corrected chi connectivity index (χ3v) is 1.90. The summed E-state index contributed by atoms with van der Waals surface area (Å²) in [4.78, 5) is 10.1. The second-order valence-electron chi connectivity index (χ2n) is 3.25. The highest BCUT2D eigenvalue weighted by Gasteiger charge is 1.92. The molecule has 0 aromatic carbocycles. The zero-order valence-corrected chi connectivity index (χ0v) is 8.46. The molecule has 1 N–H and O–H groups in total. The Kier molecular flexibility index (Phi) is 8.73. The summed E-state index contributed by atoms with van der Waals surface area (Å²) in [6, 6.07) is 0. The van der Waals surface area contributed by atoms with Crippen molar-refractivity contribution in [2.75, 3.05) is 0 Å². The number of carboxylic acid groups (broad SMARTS) is 1. The molecule has 2 heteroatoms. The van der Waals surface area contributed by atoms with E-state index >= 15 is 0 Å². The number of hydrogen-bond acceptors (Lipinski definition) is 1. The molecular weight excluding hydrogens is 164 g/mol. The smallest absolute Gasteiger partial charge is 0.303 e. The van der Waals surface area contributed by atoms with E-state index in [1.165, 1.54) is 19.3 Å². The van der Waals surface area contributed by atoms with Gasteiger partial charge in [0.05, 0.1) is 0 Å². The number of rotatable bonds is 8. The summed E-state index contributed by atoms with van der Waals surface area (Å²) in [6.07, 6.45) is 11.2. The largest absolute Gasteiger partial charge is 0.481 e. The van der Waals surface area contributed by atoms with E-state index in [-0.39, 0.29) is 0 Å². The van der Waals surface area contributed by atoms with Crippen LogP contribution in [0.25, 0.3) is 0 Å². The number of aliphatic carboxylic acids is 1. The Balaban J connectivity index is 3.08. The SMILES string of the molecule is CCCCC/C=C\CCCC(=O)O. The molecule has 0 aromatic rings. The van der Waals surface area contributed by atoms with Gasteiger partial charge in [0.15, 0.2) is 0 Å². The summed E-state index contributed by atoms with van der Waals surface area (Å²) >= 11 is 0. The molecule has 0 rings (SSSR count). The number of hydrogen-bond donors (Lipinski definition) is 1. The van der Waals surface area contributed by atoms with Crippen LogP contribution in [-0.4, -0.2) is 11.1 Å². The van der Waals surface area contributed by atoms with E-state index < -0.39 is 5.97 Å². The molecule has 0 spiro atoms. The van der Waals surface area contributed by atoms with Crippen molar-refractivity contribution in [1.29, 1.82) is 0 Å². The summed E-state index contributed by atoms with van der Waals surface area (Å²) in [6.45, 7) is 2.19. The lowest BCUT2D eigenvalue weighted by atomic mass is 10.1. The molecular formula is C11H20O2. The van der Waals surface area contributed by atoms with Crippen LogP contribution in [0.2, 0.25) is 0 Å².